The number of piperidine rings is 1. The Morgan fingerprint density at radius 3 is 2.54 bits per heavy atom. The number of hydrogen-bond donors (Lipinski definition) is 2. The average molecular weight is 352 g/mol. The fourth-order valence-electron chi connectivity index (χ4n) is 2.98. The number of benzene rings is 1. The van der Waals surface area contributed by atoms with Crippen LogP contribution in [-0.4, -0.2) is 60.4 Å². The summed E-state index contributed by atoms with van der Waals surface area (Å²) in [6.45, 7) is 1.64. The zero-order valence-electron chi connectivity index (χ0n) is 14.0. The first-order valence-electron chi connectivity index (χ1n) is 7.89. The largest absolute Gasteiger partial charge is 0.497 e. The fraction of sp³-hybridized carbons (Fsp3) is 0.529. The van der Waals surface area contributed by atoms with Crippen LogP contribution in [0.2, 0.25) is 0 Å². The minimum absolute atomic E-state index is 0.493. The average Bonchev–Trinajstić information content (AvgIpc) is 2.60. The summed E-state index contributed by atoms with van der Waals surface area (Å²) in [6, 6.07) is 6.88. The van der Waals surface area contributed by atoms with Gasteiger partial charge in [-0.05, 0) is 50.7 Å². The maximum Gasteiger partial charge on any atom is 0.327 e. The number of carboxylic acid groups (broad SMARTS) is 1. The van der Waals surface area contributed by atoms with E-state index >= 15 is 0 Å². The van der Waals surface area contributed by atoms with E-state index in [2.05, 4.69) is 10.2 Å². The van der Waals surface area contributed by atoms with Crippen molar-refractivity contribution in [2.24, 2.45) is 0 Å². The first-order chi connectivity index (χ1) is 11.5. The minimum Gasteiger partial charge on any atom is -0.497 e. The van der Waals surface area contributed by atoms with Crippen LogP contribution in [0, 0.1) is 0 Å². The Hall–Kier alpha value is -1.73. The Kier molecular flexibility index (Phi) is 6.51. The van der Waals surface area contributed by atoms with Crippen molar-refractivity contribution >= 4 is 24.1 Å². The molecular formula is C17H24N2O4S. The lowest BCUT2D eigenvalue weighted by Gasteiger charge is -2.43. The van der Waals surface area contributed by atoms with Crippen molar-refractivity contribution in [2.45, 2.75) is 29.4 Å². The maximum absolute atomic E-state index is 11.7. The van der Waals surface area contributed by atoms with Crippen LogP contribution in [0.3, 0.4) is 0 Å². The Morgan fingerprint density at radius 2 is 2.04 bits per heavy atom. The highest BCUT2D eigenvalue weighted by Gasteiger charge is 2.45. The predicted molar refractivity (Wildman–Crippen MR) is 94.4 cm³/mol. The van der Waals surface area contributed by atoms with Gasteiger partial charge in [0.1, 0.15) is 11.8 Å². The molecule has 6 nitrogen and oxygen atoms in total. The molecular weight excluding hydrogens is 328 g/mol. The SMILES string of the molecule is COc1ccc(CSC2([C@H](NC=O)C(=O)O)CCN(C)CC2)cc1. The van der Waals surface area contributed by atoms with E-state index < -0.39 is 16.8 Å². The molecule has 1 atom stereocenters. The standard InChI is InChI=1S/C17H24N2O4S/c1-19-9-7-17(8-10-19,15(16(21)22)18-12-20)24-11-13-3-5-14(23-2)6-4-13/h3-6,12,15H,7-11H2,1-2H3,(H,18,20)(H,21,22)/t15-/m1/s1. The molecule has 0 aliphatic carbocycles. The van der Waals surface area contributed by atoms with Gasteiger partial charge in [0.05, 0.1) is 7.11 Å². The molecule has 24 heavy (non-hydrogen) atoms. The van der Waals surface area contributed by atoms with E-state index in [-0.39, 0.29) is 0 Å². The Labute approximate surface area is 146 Å². The van der Waals surface area contributed by atoms with Gasteiger partial charge in [0, 0.05) is 10.5 Å². The molecule has 132 valence electrons. The molecule has 1 aromatic carbocycles. The predicted octanol–water partition coefficient (Wildman–Crippen LogP) is 1.59. The van der Waals surface area contributed by atoms with Crippen molar-refractivity contribution in [3.8, 4) is 5.75 Å². The Balaban J connectivity index is 2.15. The molecule has 0 aromatic heterocycles. The normalized spacial score (nSPS) is 18.6. The van der Waals surface area contributed by atoms with E-state index in [0.29, 0.717) is 12.2 Å². The molecule has 1 saturated heterocycles. The molecule has 0 bridgehead atoms. The van der Waals surface area contributed by atoms with E-state index in [1.165, 1.54) is 0 Å². The van der Waals surface area contributed by atoms with E-state index in [4.69, 9.17) is 4.74 Å². The van der Waals surface area contributed by atoms with Gasteiger partial charge in [-0.15, -0.1) is 11.8 Å². The van der Waals surface area contributed by atoms with Gasteiger partial charge in [0.15, 0.2) is 0 Å². The van der Waals surface area contributed by atoms with Gasteiger partial charge in [0.25, 0.3) is 0 Å². The van der Waals surface area contributed by atoms with Crippen LogP contribution in [0.25, 0.3) is 0 Å². The molecule has 1 aliphatic heterocycles. The number of ether oxygens (including phenoxy) is 1. The molecule has 1 fully saturated rings. The van der Waals surface area contributed by atoms with Gasteiger partial charge < -0.3 is 20.1 Å². The molecule has 1 aromatic rings. The number of aliphatic carboxylic acids is 1. The summed E-state index contributed by atoms with van der Waals surface area (Å²) in [5.41, 5.74) is 1.11. The molecule has 0 unspecified atom stereocenters. The van der Waals surface area contributed by atoms with Gasteiger partial charge in [-0.2, -0.15) is 0 Å². The van der Waals surface area contributed by atoms with Gasteiger partial charge in [-0.1, -0.05) is 12.1 Å². The monoisotopic (exact) mass is 352 g/mol. The van der Waals surface area contributed by atoms with E-state index in [1.807, 2.05) is 31.3 Å². The number of carbonyl (C=O) groups excluding carboxylic acids is 1. The number of nitrogens with one attached hydrogen (secondary N) is 1. The number of carboxylic acids is 1. The molecule has 0 saturated carbocycles. The van der Waals surface area contributed by atoms with Crippen molar-refractivity contribution in [1.29, 1.82) is 0 Å². The summed E-state index contributed by atoms with van der Waals surface area (Å²) in [4.78, 5) is 24.8. The molecule has 0 spiro atoms. The van der Waals surface area contributed by atoms with Crippen LogP contribution in [0.1, 0.15) is 18.4 Å². The summed E-state index contributed by atoms with van der Waals surface area (Å²) in [5.74, 6) is 0.510. The quantitative estimate of drug-likeness (QED) is 0.692. The molecule has 0 radical (unpaired) electrons. The number of carbonyl (C=O) groups is 2. The zero-order valence-corrected chi connectivity index (χ0v) is 14.8. The van der Waals surface area contributed by atoms with Crippen LogP contribution < -0.4 is 10.1 Å². The number of likely N-dealkylation sites (tertiary alicyclic amines) is 1. The Bertz CT molecular complexity index is 556. The summed E-state index contributed by atoms with van der Waals surface area (Å²) in [6.07, 6.45) is 1.94. The third-order valence-corrected chi connectivity index (χ3v) is 6.22. The summed E-state index contributed by atoms with van der Waals surface area (Å²) in [5, 5.41) is 12.1. The highest BCUT2D eigenvalue weighted by Crippen LogP contribution is 2.41. The lowest BCUT2D eigenvalue weighted by Crippen LogP contribution is -2.57. The lowest BCUT2D eigenvalue weighted by atomic mass is 9.88. The lowest BCUT2D eigenvalue weighted by molar-refractivity contribution is -0.142. The van der Waals surface area contributed by atoms with Crippen LogP contribution in [0.4, 0.5) is 0 Å². The summed E-state index contributed by atoms with van der Waals surface area (Å²) >= 11 is 1.62. The van der Waals surface area contributed by atoms with E-state index in [0.717, 1.165) is 37.2 Å². The molecule has 2 rings (SSSR count). The number of amides is 1. The first kappa shape index (κ1) is 18.6. The fourth-order valence-corrected chi connectivity index (χ4v) is 4.43. The molecule has 1 aliphatic rings. The second-order valence-electron chi connectivity index (χ2n) is 6.06. The maximum atomic E-state index is 11.7. The van der Waals surface area contributed by atoms with Crippen molar-refractivity contribution in [3.63, 3.8) is 0 Å². The second-order valence-corrected chi connectivity index (χ2v) is 7.45. The number of nitrogens with zero attached hydrogens (tertiary/aromatic N) is 1. The van der Waals surface area contributed by atoms with Gasteiger partial charge in [-0.3, -0.25) is 4.79 Å². The van der Waals surface area contributed by atoms with Crippen molar-refractivity contribution in [2.75, 3.05) is 27.2 Å². The molecule has 1 amide bonds. The number of rotatable bonds is 8. The van der Waals surface area contributed by atoms with Crippen LogP contribution in [-0.2, 0) is 15.3 Å². The van der Waals surface area contributed by atoms with Crippen molar-refractivity contribution in [1.82, 2.24) is 10.2 Å². The minimum atomic E-state index is -0.978. The van der Waals surface area contributed by atoms with Gasteiger partial charge >= 0.3 is 5.97 Å². The third-order valence-electron chi connectivity index (χ3n) is 4.53. The summed E-state index contributed by atoms with van der Waals surface area (Å²) in [7, 11) is 3.65. The van der Waals surface area contributed by atoms with Crippen LogP contribution in [0.15, 0.2) is 24.3 Å². The third kappa shape index (κ3) is 4.42. The first-order valence-corrected chi connectivity index (χ1v) is 8.87. The van der Waals surface area contributed by atoms with E-state index in [1.54, 1.807) is 18.9 Å². The smallest absolute Gasteiger partial charge is 0.327 e. The topological polar surface area (TPSA) is 78.9 Å². The molecule has 1 heterocycles. The van der Waals surface area contributed by atoms with Crippen molar-refractivity contribution < 1.29 is 19.4 Å². The van der Waals surface area contributed by atoms with Gasteiger partial charge in [0.2, 0.25) is 6.41 Å². The number of hydrogen-bond acceptors (Lipinski definition) is 5. The molecule has 2 N–H and O–H groups in total. The summed E-state index contributed by atoms with van der Waals surface area (Å²) < 4.78 is 4.66. The Morgan fingerprint density at radius 1 is 1.42 bits per heavy atom. The number of methoxy groups -OCH3 is 1. The van der Waals surface area contributed by atoms with Crippen LogP contribution >= 0.6 is 11.8 Å². The van der Waals surface area contributed by atoms with Crippen molar-refractivity contribution in [3.05, 3.63) is 29.8 Å². The van der Waals surface area contributed by atoms with E-state index in [9.17, 15) is 14.7 Å². The highest BCUT2D eigenvalue weighted by molar-refractivity contribution is 8.00. The van der Waals surface area contributed by atoms with Gasteiger partial charge in [-0.25, -0.2) is 4.79 Å². The highest BCUT2D eigenvalue weighted by atomic mass is 32.2. The molecule has 7 heteroatoms. The zero-order chi connectivity index (χ0) is 17.6. The van der Waals surface area contributed by atoms with Crippen LogP contribution in [0.5, 0.6) is 5.75 Å². The number of thioether (sulfide) groups is 1. The second kappa shape index (κ2) is 8.39.